The van der Waals surface area contributed by atoms with E-state index in [1.54, 1.807) is 12.1 Å². The molecule has 1 aromatic carbocycles. The summed E-state index contributed by atoms with van der Waals surface area (Å²) in [7, 11) is -4.14. The summed E-state index contributed by atoms with van der Waals surface area (Å²) >= 11 is 18.6. The van der Waals surface area contributed by atoms with Crippen LogP contribution in [0.1, 0.15) is 15.9 Å². The second-order valence-corrected chi connectivity index (χ2v) is 9.48. The van der Waals surface area contributed by atoms with E-state index in [2.05, 4.69) is 5.10 Å². The first-order chi connectivity index (χ1) is 12.3. The van der Waals surface area contributed by atoms with Gasteiger partial charge in [-0.15, -0.1) is 11.3 Å². The van der Waals surface area contributed by atoms with Crippen molar-refractivity contribution in [2.45, 2.75) is 11.4 Å². The molecule has 0 aliphatic carbocycles. The summed E-state index contributed by atoms with van der Waals surface area (Å²) in [6.07, 6.45) is 2.69. The van der Waals surface area contributed by atoms with Gasteiger partial charge in [-0.05, 0) is 17.7 Å². The molecule has 3 aromatic rings. The predicted molar refractivity (Wildman–Crippen MR) is 102 cm³/mol. The molecule has 0 atom stereocenters. The average molecular weight is 451 g/mol. The van der Waals surface area contributed by atoms with Crippen molar-refractivity contribution in [2.75, 3.05) is 0 Å². The minimum atomic E-state index is -4.14. The lowest BCUT2D eigenvalue weighted by Crippen LogP contribution is -2.30. The number of thiophene rings is 1. The molecule has 2 aromatic heterocycles. The number of rotatable bonds is 5. The van der Waals surface area contributed by atoms with Gasteiger partial charge in [0, 0.05) is 11.2 Å². The number of nitrogens with zero attached hydrogens (tertiary/aromatic N) is 2. The van der Waals surface area contributed by atoms with E-state index in [9.17, 15) is 13.2 Å². The van der Waals surface area contributed by atoms with Crippen LogP contribution in [0.4, 0.5) is 0 Å². The van der Waals surface area contributed by atoms with Gasteiger partial charge in [0.15, 0.2) is 0 Å². The van der Waals surface area contributed by atoms with Gasteiger partial charge in [-0.3, -0.25) is 9.48 Å². The molecule has 0 radical (unpaired) electrons. The number of hydrogen-bond acceptors (Lipinski definition) is 5. The monoisotopic (exact) mass is 449 g/mol. The SMILES string of the molecule is O=C(NS(=O)(=O)c1cc(Cl)sc1Cl)c1cnn(Cc2ccccc2Cl)c1. The van der Waals surface area contributed by atoms with E-state index in [1.165, 1.54) is 23.1 Å². The number of carbonyl (C=O) groups excluding carboxylic acids is 1. The molecule has 0 saturated carbocycles. The van der Waals surface area contributed by atoms with Gasteiger partial charge in [0.1, 0.15) is 9.23 Å². The third kappa shape index (κ3) is 4.21. The Kier molecular flexibility index (Phi) is 5.59. The Morgan fingerprint density at radius 2 is 1.96 bits per heavy atom. The lowest BCUT2D eigenvalue weighted by atomic mass is 10.2. The molecule has 1 N–H and O–H groups in total. The molecule has 0 bridgehead atoms. The molecule has 136 valence electrons. The number of aromatic nitrogens is 2. The van der Waals surface area contributed by atoms with E-state index in [0.717, 1.165) is 16.9 Å². The maximum absolute atomic E-state index is 12.3. The lowest BCUT2D eigenvalue weighted by Gasteiger charge is -2.05. The zero-order valence-electron chi connectivity index (χ0n) is 12.8. The number of amides is 1. The number of hydrogen-bond donors (Lipinski definition) is 1. The van der Waals surface area contributed by atoms with Crippen LogP contribution >= 0.6 is 46.1 Å². The molecule has 26 heavy (non-hydrogen) atoms. The van der Waals surface area contributed by atoms with E-state index in [4.69, 9.17) is 34.8 Å². The smallest absolute Gasteiger partial charge is 0.268 e. The van der Waals surface area contributed by atoms with Crippen molar-refractivity contribution in [1.29, 1.82) is 0 Å². The molecule has 0 fully saturated rings. The summed E-state index contributed by atoms with van der Waals surface area (Å²) < 4.78 is 28.2. The largest absolute Gasteiger partial charge is 0.268 e. The number of carbonyl (C=O) groups is 1. The van der Waals surface area contributed by atoms with Crippen LogP contribution in [0.15, 0.2) is 47.6 Å². The van der Waals surface area contributed by atoms with E-state index < -0.39 is 15.9 Å². The number of benzene rings is 1. The highest BCUT2D eigenvalue weighted by molar-refractivity contribution is 7.90. The Hall–Kier alpha value is -1.58. The zero-order chi connectivity index (χ0) is 18.9. The number of halogens is 3. The van der Waals surface area contributed by atoms with Crippen LogP contribution < -0.4 is 4.72 Å². The summed E-state index contributed by atoms with van der Waals surface area (Å²) in [6, 6.07) is 8.40. The first-order valence-electron chi connectivity index (χ1n) is 7.04. The third-order valence-corrected chi connectivity index (χ3v) is 6.78. The van der Waals surface area contributed by atoms with E-state index >= 15 is 0 Å². The van der Waals surface area contributed by atoms with Gasteiger partial charge in [-0.25, -0.2) is 13.1 Å². The first-order valence-corrected chi connectivity index (χ1v) is 10.5. The normalized spacial score (nSPS) is 11.5. The highest BCUT2D eigenvalue weighted by Crippen LogP contribution is 2.34. The van der Waals surface area contributed by atoms with E-state index in [-0.39, 0.29) is 19.1 Å². The zero-order valence-corrected chi connectivity index (χ0v) is 16.7. The van der Waals surface area contributed by atoms with Crippen molar-refractivity contribution < 1.29 is 13.2 Å². The van der Waals surface area contributed by atoms with Crippen LogP contribution in [-0.4, -0.2) is 24.1 Å². The lowest BCUT2D eigenvalue weighted by molar-refractivity contribution is 0.0981. The molecule has 0 unspecified atom stereocenters. The second kappa shape index (κ2) is 7.58. The van der Waals surface area contributed by atoms with Crippen molar-refractivity contribution in [1.82, 2.24) is 14.5 Å². The van der Waals surface area contributed by atoms with E-state index in [0.29, 0.717) is 11.6 Å². The molecule has 6 nitrogen and oxygen atoms in total. The Morgan fingerprint density at radius 3 is 2.62 bits per heavy atom. The van der Waals surface area contributed by atoms with Gasteiger partial charge in [-0.1, -0.05) is 53.0 Å². The molecule has 1 amide bonds. The van der Waals surface area contributed by atoms with Gasteiger partial charge in [-0.2, -0.15) is 5.10 Å². The van der Waals surface area contributed by atoms with Crippen molar-refractivity contribution in [3.8, 4) is 0 Å². The van der Waals surface area contributed by atoms with Gasteiger partial charge >= 0.3 is 0 Å². The Morgan fingerprint density at radius 1 is 1.23 bits per heavy atom. The maximum Gasteiger partial charge on any atom is 0.268 e. The molecule has 0 aliphatic rings. The van der Waals surface area contributed by atoms with Gasteiger partial charge < -0.3 is 0 Å². The van der Waals surface area contributed by atoms with Crippen molar-refractivity contribution in [3.63, 3.8) is 0 Å². The summed E-state index contributed by atoms with van der Waals surface area (Å²) in [4.78, 5) is 12.0. The van der Waals surface area contributed by atoms with Crippen molar-refractivity contribution >= 4 is 62.1 Å². The van der Waals surface area contributed by atoms with Crippen LogP contribution in [0.3, 0.4) is 0 Å². The van der Waals surface area contributed by atoms with Crippen LogP contribution in [0.25, 0.3) is 0 Å². The fraction of sp³-hybridized carbons (Fsp3) is 0.0667. The van der Waals surface area contributed by atoms with Gasteiger partial charge in [0.2, 0.25) is 0 Å². The van der Waals surface area contributed by atoms with Gasteiger partial charge in [0.25, 0.3) is 15.9 Å². The Bertz CT molecular complexity index is 1080. The molecule has 0 spiro atoms. The minimum absolute atomic E-state index is 0.0234. The molecule has 2 heterocycles. The number of nitrogens with one attached hydrogen (secondary N) is 1. The molecular weight excluding hydrogens is 441 g/mol. The summed E-state index contributed by atoms with van der Waals surface area (Å²) in [5.41, 5.74) is 0.898. The Balaban J connectivity index is 1.76. The first kappa shape index (κ1) is 19.2. The molecule has 0 aliphatic heterocycles. The fourth-order valence-electron chi connectivity index (χ4n) is 2.11. The molecule has 11 heteroatoms. The Labute approximate surface area is 168 Å². The predicted octanol–water partition coefficient (Wildman–Crippen LogP) is 4.07. The van der Waals surface area contributed by atoms with Crippen molar-refractivity contribution in [3.05, 3.63) is 67.5 Å². The van der Waals surface area contributed by atoms with Crippen LogP contribution in [0.2, 0.25) is 13.7 Å². The number of sulfonamides is 1. The molecule has 0 saturated heterocycles. The highest BCUT2D eigenvalue weighted by Gasteiger charge is 2.24. The average Bonchev–Trinajstić information content (AvgIpc) is 3.16. The fourth-order valence-corrected chi connectivity index (χ4v) is 5.43. The maximum atomic E-state index is 12.3. The summed E-state index contributed by atoms with van der Waals surface area (Å²) in [6.45, 7) is 0.339. The van der Waals surface area contributed by atoms with Crippen molar-refractivity contribution in [2.24, 2.45) is 0 Å². The standard InChI is InChI=1S/C15H10Cl3N3O3S2/c16-11-4-2-1-3-9(11)7-21-8-10(6-19-21)15(22)20-26(23,24)12-5-13(17)25-14(12)18/h1-6,8H,7H2,(H,20,22). The van der Waals surface area contributed by atoms with Gasteiger partial charge in [0.05, 0.1) is 22.6 Å². The summed E-state index contributed by atoms with van der Waals surface area (Å²) in [5.74, 6) is -0.825. The topological polar surface area (TPSA) is 81.1 Å². The summed E-state index contributed by atoms with van der Waals surface area (Å²) in [5, 5.41) is 4.63. The van der Waals surface area contributed by atoms with Crippen LogP contribution in [0, 0.1) is 0 Å². The second-order valence-electron chi connectivity index (χ2n) is 5.14. The third-order valence-electron chi connectivity index (χ3n) is 3.33. The van der Waals surface area contributed by atoms with Crippen LogP contribution in [0.5, 0.6) is 0 Å². The molecule has 3 rings (SSSR count). The van der Waals surface area contributed by atoms with E-state index in [1.807, 2.05) is 16.9 Å². The highest BCUT2D eigenvalue weighted by atomic mass is 35.5. The molecular formula is C15H10Cl3N3O3S2. The minimum Gasteiger partial charge on any atom is -0.268 e. The van der Waals surface area contributed by atoms with Crippen LogP contribution in [-0.2, 0) is 16.6 Å². The quantitative estimate of drug-likeness (QED) is 0.635.